The van der Waals surface area contributed by atoms with E-state index in [1.54, 1.807) is 19.1 Å². The van der Waals surface area contributed by atoms with Gasteiger partial charge in [0, 0.05) is 15.6 Å². The number of rotatable bonds is 1. The summed E-state index contributed by atoms with van der Waals surface area (Å²) in [6, 6.07) is 6.97. The van der Waals surface area contributed by atoms with Gasteiger partial charge in [-0.15, -0.1) is 0 Å². The van der Waals surface area contributed by atoms with Gasteiger partial charge in [0.1, 0.15) is 0 Å². The van der Waals surface area contributed by atoms with E-state index in [4.69, 9.17) is 5.11 Å². The molecule has 0 saturated heterocycles. The van der Waals surface area contributed by atoms with Gasteiger partial charge in [0.25, 0.3) is 0 Å². The Bertz CT molecular complexity index is 546. The summed E-state index contributed by atoms with van der Waals surface area (Å²) in [6.07, 6.45) is 0. The molecule has 2 rings (SSSR count). The fraction of sp³-hybridized carbons (Fsp3) is 0.0909. The molecular formula is C11H8BrNO2. The minimum atomic E-state index is -0.923. The number of hydrogen-bond donors (Lipinski definition) is 1. The van der Waals surface area contributed by atoms with Crippen molar-refractivity contribution in [3.8, 4) is 0 Å². The lowest BCUT2D eigenvalue weighted by molar-refractivity contribution is 0.0699. The predicted molar refractivity (Wildman–Crippen MR) is 61.1 cm³/mol. The fourth-order valence-electron chi connectivity index (χ4n) is 1.51. The number of halogens is 1. The highest BCUT2D eigenvalue weighted by Crippen LogP contribution is 2.22. The van der Waals surface area contributed by atoms with Crippen LogP contribution in [0.25, 0.3) is 10.9 Å². The lowest BCUT2D eigenvalue weighted by atomic mass is 10.1. The van der Waals surface area contributed by atoms with E-state index >= 15 is 0 Å². The summed E-state index contributed by atoms with van der Waals surface area (Å²) in [5.74, 6) is -0.923. The van der Waals surface area contributed by atoms with Crippen molar-refractivity contribution >= 4 is 32.8 Å². The Morgan fingerprint density at radius 1 is 1.40 bits per heavy atom. The van der Waals surface area contributed by atoms with Gasteiger partial charge in [0.2, 0.25) is 0 Å². The lowest BCUT2D eigenvalue weighted by Gasteiger charge is -2.04. The molecule has 1 aromatic carbocycles. The van der Waals surface area contributed by atoms with Crippen molar-refractivity contribution in [3.05, 3.63) is 40.0 Å². The van der Waals surface area contributed by atoms with Crippen molar-refractivity contribution in [2.75, 3.05) is 0 Å². The third-order valence-electron chi connectivity index (χ3n) is 2.13. The highest BCUT2D eigenvalue weighted by molar-refractivity contribution is 9.10. The van der Waals surface area contributed by atoms with Crippen LogP contribution in [0.2, 0.25) is 0 Å². The zero-order valence-electron chi connectivity index (χ0n) is 7.99. The monoisotopic (exact) mass is 265 g/mol. The number of carboxylic acid groups (broad SMARTS) is 1. The Hall–Kier alpha value is -1.42. The van der Waals surface area contributed by atoms with E-state index in [-0.39, 0.29) is 0 Å². The molecule has 0 fully saturated rings. The average Bonchev–Trinajstić information content (AvgIpc) is 2.15. The van der Waals surface area contributed by atoms with Crippen LogP contribution in [0, 0.1) is 6.92 Å². The minimum absolute atomic E-state index is 0.296. The van der Waals surface area contributed by atoms with E-state index < -0.39 is 5.97 Å². The van der Waals surface area contributed by atoms with Crippen LogP contribution >= 0.6 is 15.9 Å². The third kappa shape index (κ3) is 1.85. The third-order valence-corrected chi connectivity index (χ3v) is 2.62. The first-order valence-corrected chi connectivity index (χ1v) is 5.17. The van der Waals surface area contributed by atoms with Crippen molar-refractivity contribution in [3.63, 3.8) is 0 Å². The maximum absolute atomic E-state index is 11.0. The smallest absolute Gasteiger partial charge is 0.336 e. The topological polar surface area (TPSA) is 50.2 Å². The number of nitrogens with zero attached hydrogens (tertiary/aromatic N) is 1. The summed E-state index contributed by atoms with van der Waals surface area (Å²) < 4.78 is 0.893. The second kappa shape index (κ2) is 3.62. The lowest BCUT2D eigenvalue weighted by Crippen LogP contribution is -2.00. The predicted octanol–water partition coefficient (Wildman–Crippen LogP) is 3.00. The van der Waals surface area contributed by atoms with Gasteiger partial charge >= 0.3 is 5.97 Å². The molecule has 4 heteroatoms. The van der Waals surface area contributed by atoms with Crippen LogP contribution < -0.4 is 0 Å². The van der Waals surface area contributed by atoms with Gasteiger partial charge in [-0.1, -0.05) is 22.0 Å². The van der Waals surface area contributed by atoms with Gasteiger partial charge in [0.05, 0.1) is 11.1 Å². The summed E-state index contributed by atoms with van der Waals surface area (Å²) in [5, 5.41) is 9.70. The number of fused-ring (bicyclic) bond motifs is 1. The number of hydrogen-bond acceptors (Lipinski definition) is 2. The summed E-state index contributed by atoms with van der Waals surface area (Å²) in [6.45, 7) is 1.78. The van der Waals surface area contributed by atoms with Gasteiger partial charge in [-0.3, -0.25) is 4.98 Å². The Labute approximate surface area is 94.9 Å². The Balaban J connectivity index is 2.86. The largest absolute Gasteiger partial charge is 0.478 e. The molecule has 0 aliphatic heterocycles. The van der Waals surface area contributed by atoms with E-state index in [9.17, 15) is 4.79 Å². The summed E-state index contributed by atoms with van der Waals surface area (Å²) in [4.78, 5) is 15.3. The van der Waals surface area contributed by atoms with Crippen LogP contribution in [0.5, 0.6) is 0 Å². The molecule has 1 aromatic heterocycles. The molecule has 0 saturated carbocycles. The first kappa shape index (κ1) is 10.1. The SMILES string of the molecule is Cc1cc(C(=O)O)c2ccc(Br)cc2n1. The maximum atomic E-state index is 11.0. The van der Waals surface area contributed by atoms with Crippen LogP contribution in [-0.2, 0) is 0 Å². The number of carbonyl (C=O) groups is 1. The second-order valence-corrected chi connectivity index (χ2v) is 4.19. The number of aromatic nitrogens is 1. The molecular weight excluding hydrogens is 258 g/mol. The van der Waals surface area contributed by atoms with Crippen molar-refractivity contribution in [2.24, 2.45) is 0 Å². The van der Waals surface area contributed by atoms with E-state index in [1.165, 1.54) is 0 Å². The summed E-state index contributed by atoms with van der Waals surface area (Å²) >= 11 is 3.33. The Morgan fingerprint density at radius 3 is 2.80 bits per heavy atom. The minimum Gasteiger partial charge on any atom is -0.478 e. The zero-order valence-corrected chi connectivity index (χ0v) is 9.58. The molecule has 15 heavy (non-hydrogen) atoms. The van der Waals surface area contributed by atoms with Gasteiger partial charge in [-0.25, -0.2) is 4.79 Å². The van der Waals surface area contributed by atoms with Crippen LogP contribution in [0.4, 0.5) is 0 Å². The zero-order chi connectivity index (χ0) is 11.0. The summed E-state index contributed by atoms with van der Waals surface area (Å²) in [7, 11) is 0. The number of benzene rings is 1. The van der Waals surface area contributed by atoms with Crippen LogP contribution in [0.3, 0.4) is 0 Å². The Morgan fingerprint density at radius 2 is 2.13 bits per heavy atom. The first-order valence-electron chi connectivity index (χ1n) is 4.38. The normalized spacial score (nSPS) is 10.5. The summed E-state index contributed by atoms with van der Waals surface area (Å²) in [5.41, 5.74) is 1.70. The fourth-order valence-corrected chi connectivity index (χ4v) is 1.86. The second-order valence-electron chi connectivity index (χ2n) is 3.28. The Kier molecular flexibility index (Phi) is 2.44. The highest BCUT2D eigenvalue weighted by Gasteiger charge is 2.10. The molecule has 1 N–H and O–H groups in total. The molecule has 0 spiro atoms. The van der Waals surface area contributed by atoms with Crippen molar-refractivity contribution in [1.82, 2.24) is 4.98 Å². The molecule has 76 valence electrons. The number of aromatic carboxylic acids is 1. The van der Waals surface area contributed by atoms with E-state index in [0.717, 1.165) is 4.47 Å². The van der Waals surface area contributed by atoms with Crippen LogP contribution in [0.15, 0.2) is 28.7 Å². The maximum Gasteiger partial charge on any atom is 0.336 e. The van der Waals surface area contributed by atoms with Crippen LogP contribution in [0.1, 0.15) is 16.1 Å². The highest BCUT2D eigenvalue weighted by atomic mass is 79.9. The molecule has 0 unspecified atom stereocenters. The van der Waals surface area contributed by atoms with Crippen molar-refractivity contribution in [2.45, 2.75) is 6.92 Å². The first-order chi connectivity index (χ1) is 7.08. The number of pyridine rings is 1. The van der Waals surface area contributed by atoms with Gasteiger partial charge in [-0.05, 0) is 25.1 Å². The van der Waals surface area contributed by atoms with Crippen molar-refractivity contribution in [1.29, 1.82) is 0 Å². The molecule has 0 aliphatic carbocycles. The molecule has 0 bridgehead atoms. The molecule has 2 aromatic rings. The van der Waals surface area contributed by atoms with Gasteiger partial charge < -0.3 is 5.11 Å². The number of carboxylic acids is 1. The van der Waals surface area contributed by atoms with Crippen LogP contribution in [-0.4, -0.2) is 16.1 Å². The van der Waals surface area contributed by atoms with Gasteiger partial charge in [0.15, 0.2) is 0 Å². The average molecular weight is 266 g/mol. The van der Waals surface area contributed by atoms with Crippen molar-refractivity contribution < 1.29 is 9.90 Å². The van der Waals surface area contributed by atoms with E-state index in [2.05, 4.69) is 20.9 Å². The molecule has 3 nitrogen and oxygen atoms in total. The molecule has 0 atom stereocenters. The standard InChI is InChI=1S/C11H8BrNO2/c1-6-4-9(11(14)15)8-3-2-7(12)5-10(8)13-6/h2-5H,1H3,(H,14,15). The molecule has 1 heterocycles. The number of aryl methyl sites for hydroxylation is 1. The molecule has 0 radical (unpaired) electrons. The van der Waals surface area contributed by atoms with E-state index in [0.29, 0.717) is 22.2 Å². The molecule has 0 aliphatic rings. The molecule has 0 amide bonds. The van der Waals surface area contributed by atoms with E-state index in [1.807, 2.05) is 12.1 Å². The quantitative estimate of drug-likeness (QED) is 0.863. The van der Waals surface area contributed by atoms with Gasteiger partial charge in [-0.2, -0.15) is 0 Å².